The number of aromatic amines is 1. The first-order chi connectivity index (χ1) is 8.49. The third-order valence-electron chi connectivity index (χ3n) is 2.89. The number of carbonyl (C=O) groups is 1. The third-order valence-corrected chi connectivity index (χ3v) is 2.89. The monoisotopic (exact) mass is 247 g/mol. The largest absolute Gasteiger partial charge is 0.397 e. The lowest BCUT2D eigenvalue weighted by molar-refractivity contribution is -0.119. The molecule has 1 aromatic carbocycles. The fourth-order valence-electron chi connectivity index (χ4n) is 1.87. The summed E-state index contributed by atoms with van der Waals surface area (Å²) in [4.78, 5) is 11.4. The summed E-state index contributed by atoms with van der Waals surface area (Å²) in [5, 5.41) is 10.8. The van der Waals surface area contributed by atoms with E-state index in [2.05, 4.69) is 15.5 Å². The van der Waals surface area contributed by atoms with Crippen LogP contribution in [0.4, 0.5) is 11.4 Å². The number of hydrogen-bond acceptors (Lipinski definition) is 4. The quantitative estimate of drug-likeness (QED) is 0.605. The molecule has 1 atom stereocenters. The molecular formula is C12H17N5O. The number of hydrogen-bond donors (Lipinski definition) is 4. The molecule has 6 heteroatoms. The van der Waals surface area contributed by atoms with E-state index in [-0.39, 0.29) is 5.92 Å². The molecule has 0 spiro atoms. The highest BCUT2D eigenvalue weighted by Crippen LogP contribution is 2.26. The van der Waals surface area contributed by atoms with E-state index in [4.69, 9.17) is 11.5 Å². The number of nitrogens with one attached hydrogen (secondary N) is 2. The Morgan fingerprint density at radius 2 is 2.17 bits per heavy atom. The van der Waals surface area contributed by atoms with E-state index in [1.807, 2.05) is 19.9 Å². The van der Waals surface area contributed by atoms with Crippen molar-refractivity contribution in [3.63, 3.8) is 0 Å². The highest BCUT2D eigenvalue weighted by Gasteiger charge is 2.20. The average Bonchev–Trinajstić information content (AvgIpc) is 2.71. The van der Waals surface area contributed by atoms with Crippen molar-refractivity contribution >= 4 is 28.2 Å². The van der Waals surface area contributed by atoms with Crippen LogP contribution >= 0.6 is 0 Å². The van der Waals surface area contributed by atoms with Gasteiger partial charge in [-0.1, -0.05) is 13.8 Å². The van der Waals surface area contributed by atoms with Crippen molar-refractivity contribution in [1.29, 1.82) is 0 Å². The molecule has 6 N–H and O–H groups in total. The Balaban J connectivity index is 2.35. The maximum Gasteiger partial charge on any atom is 0.240 e. The Kier molecular flexibility index (Phi) is 3.10. The van der Waals surface area contributed by atoms with Crippen LogP contribution in [0, 0.1) is 5.92 Å². The summed E-state index contributed by atoms with van der Waals surface area (Å²) in [6.45, 7) is 3.85. The Labute approximate surface area is 105 Å². The lowest BCUT2D eigenvalue weighted by atomic mass is 10.0. The second-order valence-corrected chi connectivity index (χ2v) is 4.67. The number of anilines is 2. The van der Waals surface area contributed by atoms with Crippen LogP contribution in [0.5, 0.6) is 0 Å². The highest BCUT2D eigenvalue weighted by molar-refractivity contribution is 5.91. The SMILES string of the molecule is CC(C)C(Nc1cc2[nH]ncc2cc1N)C(N)=O. The van der Waals surface area contributed by atoms with Gasteiger partial charge in [-0.2, -0.15) is 5.10 Å². The Bertz CT molecular complexity index is 575. The zero-order valence-electron chi connectivity index (χ0n) is 10.4. The number of primary amides is 1. The van der Waals surface area contributed by atoms with Crippen molar-refractivity contribution in [2.45, 2.75) is 19.9 Å². The van der Waals surface area contributed by atoms with Crippen molar-refractivity contribution in [3.8, 4) is 0 Å². The summed E-state index contributed by atoms with van der Waals surface area (Å²) >= 11 is 0. The molecule has 0 saturated heterocycles. The number of H-pyrrole nitrogens is 1. The molecule has 96 valence electrons. The van der Waals surface area contributed by atoms with E-state index < -0.39 is 11.9 Å². The smallest absolute Gasteiger partial charge is 0.240 e. The molecule has 1 aromatic heterocycles. The Hall–Kier alpha value is -2.24. The summed E-state index contributed by atoms with van der Waals surface area (Å²) in [5.74, 6) is -0.312. The summed E-state index contributed by atoms with van der Waals surface area (Å²) in [6.07, 6.45) is 1.70. The first-order valence-corrected chi connectivity index (χ1v) is 5.77. The average molecular weight is 247 g/mol. The number of aromatic nitrogens is 2. The summed E-state index contributed by atoms with van der Waals surface area (Å²) in [5.41, 5.74) is 13.4. The predicted octanol–water partition coefficient (Wildman–Crippen LogP) is 1.07. The molecule has 6 nitrogen and oxygen atoms in total. The molecule has 2 aromatic rings. The molecule has 0 radical (unpaired) electrons. The maximum absolute atomic E-state index is 11.4. The molecule has 0 aliphatic carbocycles. The van der Waals surface area contributed by atoms with Crippen molar-refractivity contribution in [3.05, 3.63) is 18.3 Å². The fraction of sp³-hybridized carbons (Fsp3) is 0.333. The first-order valence-electron chi connectivity index (χ1n) is 5.77. The number of nitrogens with two attached hydrogens (primary N) is 2. The molecule has 0 bridgehead atoms. The number of nitrogen functional groups attached to an aromatic ring is 1. The number of benzene rings is 1. The van der Waals surface area contributed by atoms with Crippen LogP contribution in [0.1, 0.15) is 13.8 Å². The van der Waals surface area contributed by atoms with Gasteiger partial charge in [-0.3, -0.25) is 9.89 Å². The van der Waals surface area contributed by atoms with Gasteiger partial charge < -0.3 is 16.8 Å². The number of amides is 1. The lowest BCUT2D eigenvalue weighted by Crippen LogP contribution is -2.39. The van der Waals surface area contributed by atoms with Crippen LogP contribution in [0.2, 0.25) is 0 Å². The minimum absolute atomic E-state index is 0.0827. The van der Waals surface area contributed by atoms with Crippen molar-refractivity contribution in [2.24, 2.45) is 11.7 Å². The number of carbonyl (C=O) groups excluding carboxylic acids is 1. The van der Waals surface area contributed by atoms with Crippen molar-refractivity contribution in [1.82, 2.24) is 10.2 Å². The minimum atomic E-state index is -0.451. The van der Waals surface area contributed by atoms with Crippen LogP contribution in [0.3, 0.4) is 0 Å². The Morgan fingerprint density at radius 3 is 2.78 bits per heavy atom. The van der Waals surface area contributed by atoms with Crippen LogP contribution in [0.25, 0.3) is 10.9 Å². The van der Waals surface area contributed by atoms with Gasteiger partial charge in [-0.05, 0) is 18.1 Å². The van der Waals surface area contributed by atoms with Gasteiger partial charge in [-0.25, -0.2) is 0 Å². The van der Waals surface area contributed by atoms with E-state index in [1.54, 1.807) is 12.3 Å². The van der Waals surface area contributed by atoms with Gasteiger partial charge in [0.25, 0.3) is 0 Å². The van der Waals surface area contributed by atoms with E-state index in [0.717, 1.165) is 10.9 Å². The molecule has 0 saturated carbocycles. The zero-order chi connectivity index (χ0) is 13.3. The van der Waals surface area contributed by atoms with Crippen molar-refractivity contribution in [2.75, 3.05) is 11.1 Å². The lowest BCUT2D eigenvalue weighted by Gasteiger charge is -2.21. The zero-order valence-corrected chi connectivity index (χ0v) is 10.4. The highest BCUT2D eigenvalue weighted by atomic mass is 16.1. The second-order valence-electron chi connectivity index (χ2n) is 4.67. The van der Waals surface area contributed by atoms with E-state index >= 15 is 0 Å². The summed E-state index contributed by atoms with van der Waals surface area (Å²) < 4.78 is 0. The van der Waals surface area contributed by atoms with Gasteiger partial charge in [0.15, 0.2) is 0 Å². The van der Waals surface area contributed by atoms with Crippen LogP contribution in [-0.4, -0.2) is 22.1 Å². The number of nitrogens with zero attached hydrogens (tertiary/aromatic N) is 1. The molecule has 2 rings (SSSR count). The number of rotatable bonds is 4. The summed E-state index contributed by atoms with van der Waals surface area (Å²) in [7, 11) is 0. The van der Waals surface area contributed by atoms with Gasteiger partial charge in [0.05, 0.1) is 23.1 Å². The normalized spacial score (nSPS) is 12.8. The topological polar surface area (TPSA) is 110 Å². The van der Waals surface area contributed by atoms with Gasteiger partial charge in [0, 0.05) is 5.39 Å². The van der Waals surface area contributed by atoms with E-state index in [9.17, 15) is 4.79 Å². The summed E-state index contributed by atoms with van der Waals surface area (Å²) in [6, 6.07) is 3.18. The van der Waals surface area contributed by atoms with E-state index in [0.29, 0.717) is 11.4 Å². The molecule has 1 amide bonds. The second kappa shape index (κ2) is 4.56. The molecule has 0 aliphatic rings. The van der Waals surface area contributed by atoms with Crippen LogP contribution < -0.4 is 16.8 Å². The predicted molar refractivity (Wildman–Crippen MR) is 71.9 cm³/mol. The molecule has 18 heavy (non-hydrogen) atoms. The molecular weight excluding hydrogens is 230 g/mol. The van der Waals surface area contributed by atoms with Gasteiger partial charge in [0.1, 0.15) is 6.04 Å². The molecule has 0 aliphatic heterocycles. The third kappa shape index (κ3) is 2.22. The van der Waals surface area contributed by atoms with Crippen LogP contribution in [0.15, 0.2) is 18.3 Å². The first kappa shape index (κ1) is 12.2. The van der Waals surface area contributed by atoms with Crippen LogP contribution in [-0.2, 0) is 4.79 Å². The fourth-order valence-corrected chi connectivity index (χ4v) is 1.87. The van der Waals surface area contributed by atoms with Gasteiger partial charge in [0.2, 0.25) is 5.91 Å². The molecule has 1 heterocycles. The standard InChI is InChI=1S/C12H17N5O/c1-6(2)11(12(14)18)16-10-4-9-7(3-8(10)13)5-15-17-9/h3-6,11,16H,13H2,1-2H3,(H2,14,18)(H,15,17). The van der Waals surface area contributed by atoms with Gasteiger partial charge >= 0.3 is 0 Å². The van der Waals surface area contributed by atoms with Crippen molar-refractivity contribution < 1.29 is 4.79 Å². The maximum atomic E-state index is 11.4. The molecule has 1 unspecified atom stereocenters. The van der Waals surface area contributed by atoms with E-state index in [1.165, 1.54) is 0 Å². The Morgan fingerprint density at radius 1 is 1.44 bits per heavy atom. The number of fused-ring (bicyclic) bond motifs is 1. The molecule has 0 fully saturated rings. The van der Waals surface area contributed by atoms with Gasteiger partial charge in [-0.15, -0.1) is 0 Å². The minimum Gasteiger partial charge on any atom is -0.397 e.